The average molecular weight is 340 g/mol. The molecule has 0 unspecified atom stereocenters. The van der Waals surface area contributed by atoms with Gasteiger partial charge in [-0.1, -0.05) is 17.3 Å². The highest BCUT2D eigenvalue weighted by Crippen LogP contribution is 2.24. The molecule has 0 atom stereocenters. The number of aromatic nitrogens is 1. The Balaban J connectivity index is 1.46. The number of rotatable bonds is 8. The fourth-order valence-corrected chi connectivity index (χ4v) is 2.45. The van der Waals surface area contributed by atoms with E-state index >= 15 is 0 Å². The Hall–Kier alpha value is -3.02. The van der Waals surface area contributed by atoms with E-state index in [4.69, 9.17) is 13.7 Å². The zero-order valence-corrected chi connectivity index (χ0v) is 14.0. The predicted molar refractivity (Wildman–Crippen MR) is 92.2 cm³/mol. The molecule has 1 N–H and O–H groups in total. The van der Waals surface area contributed by atoms with Gasteiger partial charge in [0.2, 0.25) is 5.91 Å². The van der Waals surface area contributed by atoms with Crippen molar-refractivity contribution in [3.05, 3.63) is 60.2 Å². The van der Waals surface area contributed by atoms with Crippen molar-refractivity contribution in [3.63, 3.8) is 0 Å². The van der Waals surface area contributed by atoms with Crippen LogP contribution in [0.5, 0.6) is 5.75 Å². The molecule has 1 aromatic carbocycles. The largest absolute Gasteiger partial charge is 0.497 e. The number of methoxy groups -OCH3 is 1. The first-order valence-corrected chi connectivity index (χ1v) is 8.13. The lowest BCUT2D eigenvalue weighted by atomic mass is 10.1. The van der Waals surface area contributed by atoms with Crippen molar-refractivity contribution in [2.75, 3.05) is 13.7 Å². The second-order valence-corrected chi connectivity index (χ2v) is 5.59. The molecule has 2 heterocycles. The monoisotopic (exact) mass is 340 g/mol. The first-order chi connectivity index (χ1) is 12.2. The van der Waals surface area contributed by atoms with Gasteiger partial charge in [0.1, 0.15) is 11.5 Å². The summed E-state index contributed by atoms with van der Waals surface area (Å²) in [6.07, 6.45) is 3.22. The van der Waals surface area contributed by atoms with Crippen LogP contribution in [0.1, 0.15) is 17.9 Å². The molecule has 0 saturated heterocycles. The van der Waals surface area contributed by atoms with E-state index in [-0.39, 0.29) is 5.91 Å². The van der Waals surface area contributed by atoms with Crippen molar-refractivity contribution >= 4 is 5.91 Å². The number of hydrogen-bond acceptors (Lipinski definition) is 5. The Labute approximate surface area is 145 Å². The highest BCUT2D eigenvalue weighted by Gasteiger charge is 2.09. The second-order valence-electron chi connectivity index (χ2n) is 5.59. The summed E-state index contributed by atoms with van der Waals surface area (Å²) in [7, 11) is 1.62. The van der Waals surface area contributed by atoms with Crippen LogP contribution in [-0.4, -0.2) is 24.7 Å². The third kappa shape index (κ3) is 4.73. The van der Waals surface area contributed by atoms with Gasteiger partial charge in [-0.25, -0.2) is 0 Å². The average Bonchev–Trinajstić information content (AvgIpc) is 3.32. The number of amides is 1. The lowest BCUT2D eigenvalue weighted by molar-refractivity contribution is -0.121. The number of ether oxygens (including phenoxy) is 1. The molecule has 0 saturated carbocycles. The number of benzene rings is 1. The third-order valence-corrected chi connectivity index (χ3v) is 3.80. The summed E-state index contributed by atoms with van der Waals surface area (Å²) >= 11 is 0. The number of nitrogens with zero attached hydrogens (tertiary/aromatic N) is 1. The Kier molecular flexibility index (Phi) is 5.51. The van der Waals surface area contributed by atoms with Gasteiger partial charge in [-0.2, -0.15) is 0 Å². The highest BCUT2D eigenvalue weighted by atomic mass is 16.5. The minimum atomic E-state index is -0.00656. The molecule has 0 aliphatic rings. The first kappa shape index (κ1) is 16.8. The van der Waals surface area contributed by atoms with Crippen LogP contribution in [-0.2, 0) is 17.6 Å². The summed E-state index contributed by atoms with van der Waals surface area (Å²) in [6, 6.07) is 13.2. The maximum atomic E-state index is 11.8. The topological polar surface area (TPSA) is 77.5 Å². The molecule has 0 radical (unpaired) electrons. The molecule has 2 aromatic heterocycles. The van der Waals surface area contributed by atoms with Crippen LogP contribution in [0, 0.1) is 0 Å². The Morgan fingerprint density at radius 3 is 2.92 bits per heavy atom. The zero-order valence-electron chi connectivity index (χ0n) is 14.0. The molecule has 6 heteroatoms. The molecular formula is C19H20N2O4. The quantitative estimate of drug-likeness (QED) is 0.681. The van der Waals surface area contributed by atoms with Gasteiger partial charge >= 0.3 is 0 Å². The van der Waals surface area contributed by atoms with Crippen LogP contribution >= 0.6 is 0 Å². The summed E-state index contributed by atoms with van der Waals surface area (Å²) in [4.78, 5) is 11.8. The normalized spacial score (nSPS) is 10.6. The van der Waals surface area contributed by atoms with Crippen molar-refractivity contribution in [2.45, 2.75) is 19.3 Å². The van der Waals surface area contributed by atoms with Gasteiger partial charge in [-0.05, 0) is 24.3 Å². The van der Waals surface area contributed by atoms with E-state index in [1.54, 1.807) is 13.4 Å². The lowest BCUT2D eigenvalue weighted by Crippen LogP contribution is -2.25. The van der Waals surface area contributed by atoms with Gasteiger partial charge in [-0.15, -0.1) is 0 Å². The molecule has 130 valence electrons. The number of hydrogen-bond donors (Lipinski definition) is 1. The second kappa shape index (κ2) is 8.19. The number of carbonyl (C=O) groups excluding carboxylic acids is 1. The number of nitrogens with one attached hydrogen (secondary N) is 1. The molecule has 0 fully saturated rings. The van der Waals surface area contributed by atoms with Crippen LogP contribution < -0.4 is 10.1 Å². The predicted octanol–water partition coefficient (Wildman–Crippen LogP) is 3.23. The van der Waals surface area contributed by atoms with Crippen molar-refractivity contribution in [1.82, 2.24) is 10.5 Å². The van der Waals surface area contributed by atoms with E-state index in [9.17, 15) is 4.79 Å². The van der Waals surface area contributed by atoms with Crippen LogP contribution in [0.25, 0.3) is 11.3 Å². The van der Waals surface area contributed by atoms with E-state index in [1.165, 1.54) is 0 Å². The molecule has 1 amide bonds. The summed E-state index contributed by atoms with van der Waals surface area (Å²) < 4.78 is 15.8. The van der Waals surface area contributed by atoms with Crippen molar-refractivity contribution in [2.24, 2.45) is 0 Å². The van der Waals surface area contributed by atoms with Gasteiger partial charge in [0.05, 0.1) is 19.1 Å². The third-order valence-electron chi connectivity index (χ3n) is 3.80. The molecule has 3 aromatic rings. The molecule has 0 spiro atoms. The van der Waals surface area contributed by atoms with Crippen LogP contribution in [0.3, 0.4) is 0 Å². The standard InChI is InChI=1S/C19H20N2O4/c1-23-17-5-2-4-14(12-17)18-13-15(21-25-18)9-10-20-19(22)8-7-16-6-3-11-24-16/h2-6,11-13H,7-10H2,1H3,(H,20,22). The molecule has 0 bridgehead atoms. The maximum absolute atomic E-state index is 11.8. The summed E-state index contributed by atoms with van der Waals surface area (Å²) in [5.41, 5.74) is 1.70. The maximum Gasteiger partial charge on any atom is 0.220 e. The summed E-state index contributed by atoms with van der Waals surface area (Å²) in [5, 5.41) is 6.93. The Morgan fingerprint density at radius 2 is 2.12 bits per heavy atom. The Bertz CT molecular complexity index is 808. The zero-order chi connectivity index (χ0) is 17.5. The molecule has 3 rings (SSSR count). The van der Waals surface area contributed by atoms with Gasteiger partial charge < -0.3 is 19.0 Å². The fourth-order valence-electron chi connectivity index (χ4n) is 2.45. The highest BCUT2D eigenvalue weighted by molar-refractivity contribution is 5.76. The van der Waals surface area contributed by atoms with Crippen LogP contribution in [0.2, 0.25) is 0 Å². The van der Waals surface area contributed by atoms with E-state index in [1.807, 2.05) is 42.5 Å². The minimum absolute atomic E-state index is 0.00656. The summed E-state index contributed by atoms with van der Waals surface area (Å²) in [6.45, 7) is 0.515. The molecule has 25 heavy (non-hydrogen) atoms. The van der Waals surface area contributed by atoms with E-state index in [0.29, 0.717) is 31.6 Å². The van der Waals surface area contributed by atoms with E-state index in [2.05, 4.69) is 10.5 Å². The van der Waals surface area contributed by atoms with Crippen LogP contribution in [0.4, 0.5) is 0 Å². The Morgan fingerprint density at radius 1 is 1.20 bits per heavy atom. The molecular weight excluding hydrogens is 320 g/mol. The number of furan rings is 1. The fraction of sp³-hybridized carbons (Fsp3) is 0.263. The number of aryl methyl sites for hydroxylation is 1. The van der Waals surface area contributed by atoms with E-state index < -0.39 is 0 Å². The van der Waals surface area contributed by atoms with Crippen molar-refractivity contribution in [3.8, 4) is 17.1 Å². The van der Waals surface area contributed by atoms with Crippen LogP contribution in [0.15, 0.2) is 57.7 Å². The molecule has 0 aliphatic heterocycles. The first-order valence-electron chi connectivity index (χ1n) is 8.13. The van der Waals surface area contributed by atoms with E-state index in [0.717, 1.165) is 22.8 Å². The lowest BCUT2D eigenvalue weighted by Gasteiger charge is -2.02. The summed E-state index contributed by atoms with van der Waals surface area (Å²) in [5.74, 6) is 2.25. The van der Waals surface area contributed by atoms with Crippen molar-refractivity contribution < 1.29 is 18.5 Å². The van der Waals surface area contributed by atoms with Crippen molar-refractivity contribution in [1.29, 1.82) is 0 Å². The van der Waals surface area contributed by atoms with Gasteiger partial charge in [0, 0.05) is 37.4 Å². The van der Waals surface area contributed by atoms with Gasteiger partial charge in [-0.3, -0.25) is 4.79 Å². The SMILES string of the molecule is COc1cccc(-c2cc(CCNC(=O)CCc3ccco3)no2)c1. The number of carbonyl (C=O) groups is 1. The van der Waals surface area contributed by atoms with Gasteiger partial charge in [0.25, 0.3) is 0 Å². The smallest absolute Gasteiger partial charge is 0.220 e. The molecule has 6 nitrogen and oxygen atoms in total. The minimum Gasteiger partial charge on any atom is -0.497 e. The van der Waals surface area contributed by atoms with Gasteiger partial charge in [0.15, 0.2) is 5.76 Å². The molecule has 0 aliphatic carbocycles.